The average molecular weight is 543 g/mol. The van der Waals surface area contributed by atoms with E-state index in [0.29, 0.717) is 40.1 Å². The van der Waals surface area contributed by atoms with Crippen LogP contribution in [0, 0.1) is 0 Å². The van der Waals surface area contributed by atoms with E-state index in [0.717, 1.165) is 47.7 Å². The topological polar surface area (TPSA) is 77.5 Å². The summed E-state index contributed by atoms with van der Waals surface area (Å²) in [5, 5.41) is 1.05. The molecule has 37 heavy (non-hydrogen) atoms. The van der Waals surface area contributed by atoms with Crippen LogP contribution in [0.1, 0.15) is 11.4 Å². The Labute approximate surface area is 224 Å². The van der Waals surface area contributed by atoms with Gasteiger partial charge in [0.15, 0.2) is 11.2 Å². The first-order chi connectivity index (χ1) is 17.8. The summed E-state index contributed by atoms with van der Waals surface area (Å²) in [7, 11) is 4.78. The van der Waals surface area contributed by atoms with Crippen molar-refractivity contribution >= 4 is 40.1 Å². The van der Waals surface area contributed by atoms with Crippen LogP contribution >= 0.6 is 23.2 Å². The molecule has 0 aliphatic carbocycles. The molecule has 4 aromatic rings. The molecule has 11 heteroatoms. The lowest BCUT2D eigenvalue weighted by Gasteiger charge is -2.36. The number of aromatic nitrogens is 4. The summed E-state index contributed by atoms with van der Waals surface area (Å²) in [6.07, 6.45) is 0. The summed E-state index contributed by atoms with van der Waals surface area (Å²) in [6, 6.07) is 13.4. The minimum atomic E-state index is -0.411. The maximum Gasteiger partial charge on any atom is 0.332 e. The average Bonchev–Trinajstić information content (AvgIpc) is 3.26. The molecule has 1 aliphatic heterocycles. The predicted molar refractivity (Wildman–Crippen MR) is 146 cm³/mol. The fraction of sp³-hybridized carbons (Fsp3) is 0.346. The predicted octanol–water partition coefficient (Wildman–Crippen LogP) is 3.12. The zero-order chi connectivity index (χ0) is 26.3. The summed E-state index contributed by atoms with van der Waals surface area (Å²) in [6.45, 7) is 4.24. The van der Waals surface area contributed by atoms with Gasteiger partial charge in [0, 0.05) is 56.0 Å². The Morgan fingerprint density at radius 3 is 2.27 bits per heavy atom. The van der Waals surface area contributed by atoms with E-state index in [1.165, 1.54) is 11.6 Å². The molecular weight excluding hydrogens is 515 g/mol. The number of nitrogens with zero attached hydrogens (tertiary/aromatic N) is 6. The van der Waals surface area contributed by atoms with Crippen LogP contribution in [0.3, 0.4) is 0 Å². The van der Waals surface area contributed by atoms with Gasteiger partial charge in [0.25, 0.3) is 5.56 Å². The highest BCUT2D eigenvalue weighted by atomic mass is 35.5. The first-order valence-electron chi connectivity index (χ1n) is 12.0. The summed E-state index contributed by atoms with van der Waals surface area (Å²) < 4.78 is 9.68. The van der Waals surface area contributed by atoms with E-state index in [9.17, 15) is 9.59 Å². The molecule has 194 valence electrons. The quantitative estimate of drug-likeness (QED) is 0.372. The normalized spacial score (nSPS) is 14.5. The van der Waals surface area contributed by atoms with Gasteiger partial charge >= 0.3 is 5.69 Å². The van der Waals surface area contributed by atoms with Gasteiger partial charge in [0.05, 0.1) is 20.2 Å². The Bertz CT molecular complexity index is 1570. The fourth-order valence-electron chi connectivity index (χ4n) is 4.76. The number of hydrogen-bond acceptors (Lipinski definition) is 6. The van der Waals surface area contributed by atoms with E-state index < -0.39 is 5.69 Å². The van der Waals surface area contributed by atoms with Crippen molar-refractivity contribution in [1.82, 2.24) is 23.6 Å². The number of anilines is 1. The standard InChI is InChI=1S/C26H28Cl2N6O3/c1-30-24-23(25(35)31(2)26(30)36)34(15-17-4-5-18(27)14-21(17)28)22(29-24)16-32-10-12-33(13-11-32)19-6-8-20(37-3)9-7-19/h4-9,14H,10-13,15-16H2,1-3H3. The number of fused-ring (bicyclic) bond motifs is 1. The number of aryl methyl sites for hydroxylation is 1. The van der Waals surface area contributed by atoms with Crippen molar-refractivity contribution in [3.63, 3.8) is 0 Å². The van der Waals surface area contributed by atoms with Crippen LogP contribution in [-0.2, 0) is 27.2 Å². The number of imidazole rings is 1. The van der Waals surface area contributed by atoms with E-state index in [1.54, 1.807) is 26.3 Å². The molecule has 1 aliphatic rings. The van der Waals surface area contributed by atoms with Gasteiger partial charge in [-0.2, -0.15) is 0 Å². The zero-order valence-electron chi connectivity index (χ0n) is 20.9. The lowest BCUT2D eigenvalue weighted by Crippen LogP contribution is -2.46. The molecule has 0 amide bonds. The molecule has 0 N–H and O–H groups in total. The van der Waals surface area contributed by atoms with Crippen molar-refractivity contribution < 1.29 is 4.74 Å². The second-order valence-corrected chi connectivity index (χ2v) is 10.0. The van der Waals surface area contributed by atoms with Crippen LogP contribution in [0.25, 0.3) is 11.2 Å². The Balaban J connectivity index is 1.46. The highest BCUT2D eigenvalue weighted by Crippen LogP contribution is 2.25. The Morgan fingerprint density at radius 1 is 0.919 bits per heavy atom. The minimum absolute atomic E-state index is 0.334. The SMILES string of the molecule is COc1ccc(N2CCN(Cc3nc4c(c(=O)n(C)c(=O)n4C)n3Cc3ccc(Cl)cc3Cl)CC2)cc1. The fourth-order valence-corrected chi connectivity index (χ4v) is 5.23. The largest absolute Gasteiger partial charge is 0.497 e. The van der Waals surface area contributed by atoms with Crippen LogP contribution in [0.2, 0.25) is 10.0 Å². The van der Waals surface area contributed by atoms with Crippen LogP contribution in [0.5, 0.6) is 5.75 Å². The third-order valence-corrected chi connectivity index (χ3v) is 7.53. The number of methoxy groups -OCH3 is 1. The molecule has 2 aromatic carbocycles. The number of hydrogen-bond donors (Lipinski definition) is 0. The van der Waals surface area contributed by atoms with Gasteiger partial charge < -0.3 is 14.2 Å². The molecule has 0 saturated carbocycles. The third kappa shape index (κ3) is 4.86. The number of rotatable bonds is 6. The summed E-state index contributed by atoms with van der Waals surface area (Å²) >= 11 is 12.6. The van der Waals surface area contributed by atoms with Gasteiger partial charge in [-0.25, -0.2) is 9.78 Å². The van der Waals surface area contributed by atoms with E-state index in [4.69, 9.17) is 32.9 Å². The molecule has 0 atom stereocenters. The second kappa shape index (κ2) is 10.2. The Morgan fingerprint density at radius 2 is 1.62 bits per heavy atom. The van der Waals surface area contributed by atoms with Gasteiger partial charge in [0.2, 0.25) is 0 Å². The highest BCUT2D eigenvalue weighted by molar-refractivity contribution is 6.35. The summed E-state index contributed by atoms with van der Waals surface area (Å²) in [5.74, 6) is 1.54. The highest BCUT2D eigenvalue weighted by Gasteiger charge is 2.24. The van der Waals surface area contributed by atoms with Gasteiger partial charge in [-0.15, -0.1) is 0 Å². The minimum Gasteiger partial charge on any atom is -0.497 e. The van der Waals surface area contributed by atoms with E-state index in [-0.39, 0.29) is 5.56 Å². The van der Waals surface area contributed by atoms with Gasteiger partial charge in [0.1, 0.15) is 11.6 Å². The third-order valence-electron chi connectivity index (χ3n) is 6.95. The monoisotopic (exact) mass is 542 g/mol. The van der Waals surface area contributed by atoms with Crippen molar-refractivity contribution in [3.8, 4) is 5.75 Å². The second-order valence-electron chi connectivity index (χ2n) is 9.19. The Kier molecular flexibility index (Phi) is 7.02. The van der Waals surface area contributed by atoms with E-state index in [2.05, 4.69) is 21.9 Å². The molecule has 0 unspecified atom stereocenters. The number of ether oxygens (including phenoxy) is 1. The zero-order valence-corrected chi connectivity index (χ0v) is 22.5. The molecule has 0 bridgehead atoms. The van der Waals surface area contributed by atoms with Crippen molar-refractivity contribution in [2.45, 2.75) is 13.1 Å². The maximum absolute atomic E-state index is 13.2. The maximum atomic E-state index is 13.2. The molecule has 5 rings (SSSR count). The van der Waals surface area contributed by atoms with Gasteiger partial charge in [-0.05, 0) is 42.0 Å². The molecule has 3 heterocycles. The molecule has 1 fully saturated rings. The van der Waals surface area contributed by atoms with Crippen molar-refractivity contribution in [3.05, 3.63) is 84.7 Å². The summed E-state index contributed by atoms with van der Waals surface area (Å²) in [5.41, 5.74) is 1.92. The molecule has 9 nitrogen and oxygen atoms in total. The lowest BCUT2D eigenvalue weighted by molar-refractivity contribution is 0.241. The van der Waals surface area contributed by atoms with Gasteiger partial charge in [-0.3, -0.25) is 18.8 Å². The van der Waals surface area contributed by atoms with Crippen LogP contribution in [0.15, 0.2) is 52.1 Å². The first kappa shape index (κ1) is 25.4. The number of benzene rings is 2. The lowest BCUT2D eigenvalue weighted by atomic mass is 10.2. The van der Waals surface area contributed by atoms with E-state index >= 15 is 0 Å². The molecule has 2 aromatic heterocycles. The molecular formula is C26H28Cl2N6O3. The Hall–Kier alpha value is -3.27. The van der Waals surface area contributed by atoms with Crippen LogP contribution in [-0.4, -0.2) is 56.9 Å². The molecule has 0 radical (unpaired) electrons. The summed E-state index contributed by atoms with van der Waals surface area (Å²) in [4.78, 5) is 35.2. The molecule has 0 spiro atoms. The smallest absolute Gasteiger partial charge is 0.332 e. The number of piperazine rings is 1. The van der Waals surface area contributed by atoms with Crippen molar-refractivity contribution in [2.24, 2.45) is 14.1 Å². The first-order valence-corrected chi connectivity index (χ1v) is 12.7. The van der Waals surface area contributed by atoms with Crippen LogP contribution < -0.4 is 20.9 Å². The molecule has 1 saturated heterocycles. The van der Waals surface area contributed by atoms with E-state index in [1.807, 2.05) is 22.8 Å². The van der Waals surface area contributed by atoms with Gasteiger partial charge in [-0.1, -0.05) is 29.3 Å². The van der Waals surface area contributed by atoms with Crippen molar-refractivity contribution in [1.29, 1.82) is 0 Å². The van der Waals surface area contributed by atoms with Crippen LogP contribution in [0.4, 0.5) is 5.69 Å². The number of halogens is 2. The van der Waals surface area contributed by atoms with Crippen molar-refractivity contribution in [2.75, 3.05) is 38.2 Å².